The van der Waals surface area contributed by atoms with Crippen LogP contribution in [0.3, 0.4) is 0 Å². The van der Waals surface area contributed by atoms with E-state index in [0.29, 0.717) is 0 Å². The van der Waals surface area contributed by atoms with E-state index < -0.39 is 0 Å². The Balaban J connectivity index is 1.92. The van der Waals surface area contributed by atoms with Crippen LogP contribution < -0.4 is 4.74 Å². The Hall–Kier alpha value is -1.74. The molecule has 3 heterocycles. The maximum absolute atomic E-state index is 5.52. The zero-order valence-corrected chi connectivity index (χ0v) is 12.9. The van der Waals surface area contributed by atoms with Gasteiger partial charge in [-0.05, 0) is 49.6 Å². The molecule has 2 aliphatic heterocycles. The van der Waals surface area contributed by atoms with Crippen LogP contribution in [0.15, 0.2) is 24.4 Å². The van der Waals surface area contributed by atoms with E-state index in [9.17, 15) is 0 Å². The van der Waals surface area contributed by atoms with Gasteiger partial charge in [-0.1, -0.05) is 6.08 Å². The summed E-state index contributed by atoms with van der Waals surface area (Å²) in [5.41, 5.74) is 5.78. The second-order valence-corrected chi connectivity index (χ2v) is 6.26. The molecule has 0 radical (unpaired) electrons. The zero-order chi connectivity index (χ0) is 14.4. The van der Waals surface area contributed by atoms with Gasteiger partial charge in [-0.15, -0.1) is 0 Å². The lowest BCUT2D eigenvalue weighted by molar-refractivity contribution is 0.370. The molecule has 110 valence electrons. The maximum Gasteiger partial charge on any atom is 0.119 e. The highest BCUT2D eigenvalue weighted by Gasteiger charge is 2.20. The minimum atomic E-state index is 0.993. The van der Waals surface area contributed by atoms with Gasteiger partial charge in [0.05, 0.1) is 12.6 Å². The van der Waals surface area contributed by atoms with Gasteiger partial charge in [-0.25, -0.2) is 0 Å². The number of likely N-dealkylation sites (N-methyl/N-ethyl adjacent to an activating group) is 1. The molecule has 4 rings (SSSR count). The molecule has 0 unspecified atom stereocenters. The highest BCUT2D eigenvalue weighted by atomic mass is 16.5. The molecule has 1 aromatic heterocycles. The van der Waals surface area contributed by atoms with E-state index >= 15 is 0 Å². The number of benzene rings is 1. The zero-order valence-electron chi connectivity index (χ0n) is 12.9. The van der Waals surface area contributed by atoms with Crippen molar-refractivity contribution >= 4 is 16.5 Å². The smallest absolute Gasteiger partial charge is 0.119 e. The molecule has 0 spiro atoms. The molecule has 0 saturated carbocycles. The monoisotopic (exact) mass is 282 g/mol. The standard InChI is InChI=1S/C18H22N2O/c1-19-8-5-13(6-9-19)17-12-20-7-3-4-14-10-15(21-2)11-16(17)18(14)20/h5,10-12H,3-4,6-9H2,1-2H3. The molecule has 3 nitrogen and oxygen atoms in total. The molecular weight excluding hydrogens is 260 g/mol. The van der Waals surface area contributed by atoms with Crippen molar-refractivity contribution in [3.63, 3.8) is 0 Å². The number of nitrogens with zero attached hydrogens (tertiary/aromatic N) is 2. The van der Waals surface area contributed by atoms with Crippen LogP contribution in [0.25, 0.3) is 16.5 Å². The Morgan fingerprint density at radius 1 is 1.14 bits per heavy atom. The van der Waals surface area contributed by atoms with Gasteiger partial charge in [0.15, 0.2) is 0 Å². The number of hydrogen-bond donors (Lipinski definition) is 0. The Kier molecular flexibility index (Phi) is 3.03. The molecule has 0 amide bonds. The van der Waals surface area contributed by atoms with Crippen LogP contribution in [0.1, 0.15) is 24.0 Å². The van der Waals surface area contributed by atoms with E-state index in [0.717, 1.165) is 31.8 Å². The number of rotatable bonds is 2. The fraction of sp³-hybridized carbons (Fsp3) is 0.444. The molecule has 3 heteroatoms. The SMILES string of the molecule is COc1cc2c3c(c1)c(C1=CCN(C)CC1)cn3CCC2. The fourth-order valence-electron chi connectivity index (χ4n) is 3.70. The largest absolute Gasteiger partial charge is 0.497 e. The van der Waals surface area contributed by atoms with E-state index in [-0.39, 0.29) is 0 Å². The second-order valence-electron chi connectivity index (χ2n) is 6.26. The van der Waals surface area contributed by atoms with Gasteiger partial charge >= 0.3 is 0 Å². The van der Waals surface area contributed by atoms with Gasteiger partial charge < -0.3 is 14.2 Å². The van der Waals surface area contributed by atoms with Crippen molar-refractivity contribution < 1.29 is 4.74 Å². The third kappa shape index (κ3) is 2.07. The molecule has 0 N–H and O–H groups in total. The van der Waals surface area contributed by atoms with Gasteiger partial charge in [0, 0.05) is 36.8 Å². The minimum absolute atomic E-state index is 0.993. The normalized spacial score (nSPS) is 18.9. The molecule has 21 heavy (non-hydrogen) atoms. The summed E-state index contributed by atoms with van der Waals surface area (Å²) >= 11 is 0. The van der Waals surface area contributed by atoms with Gasteiger partial charge in [0.1, 0.15) is 5.75 Å². The van der Waals surface area contributed by atoms with Gasteiger partial charge in [-0.2, -0.15) is 0 Å². The van der Waals surface area contributed by atoms with E-state index in [1.165, 1.54) is 40.4 Å². The molecule has 0 saturated heterocycles. The lowest BCUT2D eigenvalue weighted by atomic mass is 9.96. The highest BCUT2D eigenvalue weighted by Crippen LogP contribution is 2.37. The van der Waals surface area contributed by atoms with E-state index in [1.54, 1.807) is 7.11 Å². The maximum atomic E-state index is 5.52. The van der Waals surface area contributed by atoms with E-state index in [2.05, 4.69) is 40.9 Å². The summed E-state index contributed by atoms with van der Waals surface area (Å²) in [4.78, 5) is 2.37. The van der Waals surface area contributed by atoms with Gasteiger partial charge in [0.2, 0.25) is 0 Å². The first-order valence-electron chi connectivity index (χ1n) is 7.84. The van der Waals surface area contributed by atoms with E-state index in [1.807, 2.05) is 0 Å². The first kappa shape index (κ1) is 13.0. The molecule has 2 aliphatic rings. The lowest BCUT2D eigenvalue weighted by Crippen LogP contribution is -2.23. The molecule has 1 aromatic carbocycles. The predicted octanol–water partition coefficient (Wildman–Crippen LogP) is 3.32. The predicted molar refractivity (Wildman–Crippen MR) is 86.9 cm³/mol. The summed E-state index contributed by atoms with van der Waals surface area (Å²) in [5.74, 6) is 0.993. The quantitative estimate of drug-likeness (QED) is 0.841. The summed E-state index contributed by atoms with van der Waals surface area (Å²) in [6.45, 7) is 3.34. The molecule has 0 fully saturated rings. The summed E-state index contributed by atoms with van der Waals surface area (Å²) in [6, 6.07) is 4.43. The van der Waals surface area contributed by atoms with Crippen LogP contribution in [0, 0.1) is 0 Å². The van der Waals surface area contributed by atoms with Crippen molar-refractivity contribution in [3.8, 4) is 5.75 Å². The Morgan fingerprint density at radius 3 is 2.81 bits per heavy atom. The van der Waals surface area contributed by atoms with Crippen LogP contribution >= 0.6 is 0 Å². The van der Waals surface area contributed by atoms with Gasteiger partial charge in [-0.3, -0.25) is 0 Å². The third-order valence-corrected chi connectivity index (χ3v) is 4.86. The number of methoxy groups -OCH3 is 1. The topological polar surface area (TPSA) is 17.4 Å². The molecule has 0 bridgehead atoms. The third-order valence-electron chi connectivity index (χ3n) is 4.86. The first-order chi connectivity index (χ1) is 10.3. The average molecular weight is 282 g/mol. The van der Waals surface area contributed by atoms with Crippen molar-refractivity contribution in [2.45, 2.75) is 25.8 Å². The van der Waals surface area contributed by atoms with Crippen LogP contribution in [0.4, 0.5) is 0 Å². The Bertz CT molecular complexity index is 726. The Morgan fingerprint density at radius 2 is 2.05 bits per heavy atom. The van der Waals surface area contributed by atoms with Gasteiger partial charge in [0.25, 0.3) is 0 Å². The number of aromatic nitrogens is 1. The van der Waals surface area contributed by atoms with Crippen molar-refractivity contribution in [1.82, 2.24) is 9.47 Å². The van der Waals surface area contributed by atoms with Crippen LogP contribution in [-0.2, 0) is 13.0 Å². The number of aryl methyl sites for hydroxylation is 2. The Labute approximate surface area is 125 Å². The van der Waals surface area contributed by atoms with Crippen molar-refractivity contribution in [3.05, 3.63) is 35.5 Å². The fourth-order valence-corrected chi connectivity index (χ4v) is 3.70. The second kappa shape index (κ2) is 4.92. The molecule has 0 aliphatic carbocycles. The summed E-state index contributed by atoms with van der Waals surface area (Å²) < 4.78 is 7.97. The lowest BCUT2D eigenvalue weighted by Gasteiger charge is -2.21. The number of hydrogen-bond acceptors (Lipinski definition) is 2. The molecule has 0 atom stereocenters. The molecule has 2 aromatic rings. The van der Waals surface area contributed by atoms with Crippen molar-refractivity contribution in [2.24, 2.45) is 0 Å². The summed E-state index contributed by atoms with van der Waals surface area (Å²) in [7, 11) is 3.95. The minimum Gasteiger partial charge on any atom is -0.497 e. The van der Waals surface area contributed by atoms with Crippen LogP contribution in [-0.4, -0.2) is 36.7 Å². The van der Waals surface area contributed by atoms with Crippen LogP contribution in [0.2, 0.25) is 0 Å². The average Bonchev–Trinajstić information content (AvgIpc) is 2.88. The highest BCUT2D eigenvalue weighted by molar-refractivity contribution is 5.96. The van der Waals surface area contributed by atoms with E-state index in [4.69, 9.17) is 4.74 Å². The van der Waals surface area contributed by atoms with Crippen molar-refractivity contribution in [1.29, 1.82) is 0 Å². The number of ether oxygens (including phenoxy) is 1. The first-order valence-corrected chi connectivity index (χ1v) is 7.84. The summed E-state index contributed by atoms with van der Waals surface area (Å²) in [5, 5.41) is 1.37. The molecular formula is C18H22N2O. The van der Waals surface area contributed by atoms with Crippen LogP contribution in [0.5, 0.6) is 5.75 Å². The summed E-state index contributed by atoms with van der Waals surface area (Å²) in [6.07, 6.45) is 8.29. The van der Waals surface area contributed by atoms with Crippen molar-refractivity contribution in [2.75, 3.05) is 27.2 Å².